The Bertz CT molecular complexity index is 707. The summed E-state index contributed by atoms with van der Waals surface area (Å²) in [7, 11) is 0. The summed E-state index contributed by atoms with van der Waals surface area (Å²) in [6.45, 7) is 0. The van der Waals surface area contributed by atoms with Crippen LogP contribution >= 0.6 is 23.7 Å². The van der Waals surface area contributed by atoms with E-state index in [1.807, 2.05) is 0 Å². The molecule has 118 valence electrons. The molecule has 0 aliphatic heterocycles. The molecule has 4 nitrogen and oxygen atoms in total. The van der Waals surface area contributed by atoms with Crippen LogP contribution in [0.5, 0.6) is 0 Å². The van der Waals surface area contributed by atoms with Crippen LogP contribution in [-0.2, 0) is 12.8 Å². The van der Waals surface area contributed by atoms with E-state index in [4.69, 9.17) is 5.73 Å². The number of halogens is 3. The van der Waals surface area contributed by atoms with Crippen LogP contribution in [0.15, 0.2) is 18.2 Å². The SMILES string of the molecule is Cl.N[C@H]1CCc2nc(NC(=O)c3ccc(F)cc3F)sc2C1. The molecule has 2 aromatic rings. The van der Waals surface area contributed by atoms with E-state index in [1.165, 1.54) is 11.3 Å². The molecule has 22 heavy (non-hydrogen) atoms. The highest BCUT2D eigenvalue weighted by Gasteiger charge is 2.21. The fourth-order valence-electron chi connectivity index (χ4n) is 2.29. The molecule has 1 amide bonds. The Morgan fingerprint density at radius 3 is 2.91 bits per heavy atom. The third-order valence-electron chi connectivity index (χ3n) is 3.37. The van der Waals surface area contributed by atoms with Crippen molar-refractivity contribution >= 4 is 34.8 Å². The monoisotopic (exact) mass is 345 g/mol. The molecule has 1 aliphatic rings. The van der Waals surface area contributed by atoms with E-state index in [0.29, 0.717) is 11.2 Å². The molecule has 0 radical (unpaired) electrons. The number of carbonyl (C=O) groups is 1. The van der Waals surface area contributed by atoms with E-state index in [1.54, 1.807) is 0 Å². The van der Waals surface area contributed by atoms with Crippen LogP contribution in [0.1, 0.15) is 27.3 Å². The first kappa shape index (κ1) is 16.8. The number of aromatic nitrogens is 1. The van der Waals surface area contributed by atoms with Gasteiger partial charge in [-0.3, -0.25) is 10.1 Å². The highest BCUT2D eigenvalue weighted by molar-refractivity contribution is 7.15. The van der Waals surface area contributed by atoms with Gasteiger partial charge in [0.1, 0.15) is 11.6 Å². The third kappa shape index (κ3) is 3.43. The molecular weight excluding hydrogens is 332 g/mol. The Morgan fingerprint density at radius 1 is 1.41 bits per heavy atom. The first-order valence-electron chi connectivity index (χ1n) is 6.53. The lowest BCUT2D eigenvalue weighted by Gasteiger charge is -2.15. The molecule has 0 fully saturated rings. The van der Waals surface area contributed by atoms with Gasteiger partial charge in [-0.05, 0) is 31.4 Å². The summed E-state index contributed by atoms with van der Waals surface area (Å²) in [5.41, 5.74) is 6.63. The van der Waals surface area contributed by atoms with Crippen molar-refractivity contribution in [3.63, 3.8) is 0 Å². The number of aryl methyl sites for hydroxylation is 1. The average Bonchev–Trinajstić information content (AvgIpc) is 2.79. The van der Waals surface area contributed by atoms with E-state index in [9.17, 15) is 13.6 Å². The quantitative estimate of drug-likeness (QED) is 0.879. The van der Waals surface area contributed by atoms with Gasteiger partial charge in [0, 0.05) is 17.0 Å². The summed E-state index contributed by atoms with van der Waals surface area (Å²) in [5.74, 6) is -2.25. The first-order chi connectivity index (χ1) is 10.0. The number of amides is 1. The van der Waals surface area contributed by atoms with Crippen LogP contribution in [0.3, 0.4) is 0 Å². The second-order valence-corrected chi connectivity index (χ2v) is 6.05. The molecule has 1 aliphatic carbocycles. The zero-order chi connectivity index (χ0) is 15.0. The molecule has 8 heteroatoms. The lowest BCUT2D eigenvalue weighted by molar-refractivity contribution is 0.102. The van der Waals surface area contributed by atoms with Crippen molar-refractivity contribution in [2.45, 2.75) is 25.3 Å². The molecule has 1 aromatic carbocycles. The van der Waals surface area contributed by atoms with Crippen molar-refractivity contribution < 1.29 is 13.6 Å². The van der Waals surface area contributed by atoms with E-state index in [-0.39, 0.29) is 24.0 Å². The van der Waals surface area contributed by atoms with Crippen molar-refractivity contribution in [3.05, 3.63) is 46.0 Å². The Morgan fingerprint density at radius 2 is 2.18 bits per heavy atom. The number of anilines is 1. The van der Waals surface area contributed by atoms with Crippen LogP contribution < -0.4 is 11.1 Å². The zero-order valence-corrected chi connectivity index (χ0v) is 13.1. The molecule has 0 unspecified atom stereocenters. The lowest BCUT2D eigenvalue weighted by atomic mass is 9.99. The average molecular weight is 346 g/mol. The highest BCUT2D eigenvalue weighted by Crippen LogP contribution is 2.29. The maximum atomic E-state index is 13.5. The van der Waals surface area contributed by atoms with E-state index in [2.05, 4.69) is 10.3 Å². The van der Waals surface area contributed by atoms with Gasteiger partial charge >= 0.3 is 0 Å². The largest absolute Gasteiger partial charge is 0.327 e. The number of rotatable bonds is 2. The fourth-order valence-corrected chi connectivity index (χ4v) is 3.39. The number of thiazole rings is 1. The maximum absolute atomic E-state index is 13.5. The van der Waals surface area contributed by atoms with Crippen LogP contribution in [0, 0.1) is 11.6 Å². The zero-order valence-electron chi connectivity index (χ0n) is 11.4. The number of nitrogens with two attached hydrogens (primary N) is 1. The fraction of sp³-hybridized carbons (Fsp3) is 0.286. The number of nitrogens with one attached hydrogen (secondary N) is 1. The van der Waals surface area contributed by atoms with Gasteiger partial charge < -0.3 is 5.73 Å². The minimum Gasteiger partial charge on any atom is -0.327 e. The summed E-state index contributed by atoms with van der Waals surface area (Å²) in [5, 5.41) is 2.98. The second-order valence-electron chi connectivity index (χ2n) is 4.97. The number of benzene rings is 1. The smallest absolute Gasteiger partial charge is 0.260 e. The number of fused-ring (bicyclic) bond motifs is 1. The van der Waals surface area contributed by atoms with E-state index >= 15 is 0 Å². The van der Waals surface area contributed by atoms with Gasteiger partial charge in [0.25, 0.3) is 5.91 Å². The maximum Gasteiger partial charge on any atom is 0.260 e. The minimum atomic E-state index is -0.893. The minimum absolute atomic E-state index is 0. The molecule has 0 spiro atoms. The number of hydrogen-bond donors (Lipinski definition) is 2. The van der Waals surface area contributed by atoms with Crippen LogP contribution in [0.2, 0.25) is 0 Å². The summed E-state index contributed by atoms with van der Waals surface area (Å²) in [6, 6.07) is 2.96. The van der Waals surface area contributed by atoms with E-state index in [0.717, 1.165) is 42.0 Å². The Hall–Kier alpha value is -1.57. The van der Waals surface area contributed by atoms with Gasteiger partial charge in [-0.25, -0.2) is 13.8 Å². The summed E-state index contributed by atoms with van der Waals surface area (Å²) >= 11 is 1.35. The molecule has 1 heterocycles. The van der Waals surface area contributed by atoms with Crippen LogP contribution in [0.25, 0.3) is 0 Å². The highest BCUT2D eigenvalue weighted by atomic mass is 35.5. The second kappa shape index (κ2) is 6.68. The standard InChI is InChI=1S/C14H13F2N3OS.ClH/c15-7-1-3-9(10(16)5-7)13(20)19-14-18-11-4-2-8(17)6-12(11)21-14;/h1,3,5,8H,2,4,6,17H2,(H,18,19,20);1H/t8-;/m0./s1. The summed E-state index contributed by atoms with van der Waals surface area (Å²) < 4.78 is 26.4. The van der Waals surface area contributed by atoms with Crippen LogP contribution in [-0.4, -0.2) is 16.9 Å². The van der Waals surface area contributed by atoms with Gasteiger partial charge in [0.2, 0.25) is 0 Å². The predicted molar refractivity (Wildman–Crippen MR) is 83.7 cm³/mol. The van der Waals surface area contributed by atoms with Gasteiger partial charge in [-0.2, -0.15) is 0 Å². The molecule has 1 aromatic heterocycles. The molecule has 1 atom stereocenters. The molecule has 3 rings (SSSR count). The normalized spacial score (nSPS) is 16.6. The molecule has 3 N–H and O–H groups in total. The molecule has 0 saturated carbocycles. The Labute approximate surface area is 136 Å². The van der Waals surface area contributed by atoms with Gasteiger partial charge in [0.15, 0.2) is 5.13 Å². The van der Waals surface area contributed by atoms with Crippen molar-refractivity contribution in [3.8, 4) is 0 Å². The summed E-state index contributed by atoms with van der Waals surface area (Å²) in [4.78, 5) is 17.4. The molecule has 0 saturated heterocycles. The number of hydrogen-bond acceptors (Lipinski definition) is 4. The lowest BCUT2D eigenvalue weighted by Crippen LogP contribution is -2.27. The third-order valence-corrected chi connectivity index (χ3v) is 4.41. The van der Waals surface area contributed by atoms with E-state index < -0.39 is 17.5 Å². The topological polar surface area (TPSA) is 68.0 Å². The first-order valence-corrected chi connectivity index (χ1v) is 7.35. The van der Waals surface area contributed by atoms with Crippen molar-refractivity contribution in [1.29, 1.82) is 0 Å². The Kier molecular flexibility index (Phi) is 5.10. The van der Waals surface area contributed by atoms with Crippen LogP contribution in [0.4, 0.5) is 13.9 Å². The number of nitrogens with zero attached hydrogens (tertiary/aromatic N) is 1. The van der Waals surface area contributed by atoms with Crippen molar-refractivity contribution in [2.24, 2.45) is 5.73 Å². The predicted octanol–water partition coefficient (Wildman–Crippen LogP) is 2.91. The number of carbonyl (C=O) groups excluding carboxylic acids is 1. The Balaban J connectivity index is 0.00000176. The molecular formula is C14H14ClF2N3OS. The summed E-state index contributed by atoms with van der Waals surface area (Å²) in [6.07, 6.45) is 2.40. The van der Waals surface area contributed by atoms with Crippen molar-refractivity contribution in [1.82, 2.24) is 4.98 Å². The van der Waals surface area contributed by atoms with Gasteiger partial charge in [-0.1, -0.05) is 0 Å². The molecule has 0 bridgehead atoms. The van der Waals surface area contributed by atoms with Gasteiger partial charge in [-0.15, -0.1) is 23.7 Å². The van der Waals surface area contributed by atoms with Gasteiger partial charge in [0.05, 0.1) is 11.3 Å². The van der Waals surface area contributed by atoms with Crippen molar-refractivity contribution in [2.75, 3.05) is 5.32 Å².